The van der Waals surface area contributed by atoms with Gasteiger partial charge < -0.3 is 4.79 Å². The number of allylic oxidation sites excluding steroid dienone is 10. The van der Waals surface area contributed by atoms with Gasteiger partial charge in [-0.2, -0.15) is 0 Å². The quantitative estimate of drug-likeness (QED) is 0.0154. The minimum atomic E-state index is -1.54. The van der Waals surface area contributed by atoms with E-state index in [1.54, 1.807) is 6.08 Å². The van der Waals surface area contributed by atoms with E-state index in [-0.39, 0.29) is 11.6 Å². The Bertz CT molecular complexity index is 1050. The van der Waals surface area contributed by atoms with Crippen molar-refractivity contribution in [1.29, 1.82) is 0 Å². The molecule has 0 amide bonds. The second-order valence-corrected chi connectivity index (χ2v) is 16.9. The Balaban J connectivity index is 4.74. The normalized spacial score (nSPS) is 13.3. The molecule has 0 heterocycles. The maximum Gasteiger partial charge on any atom is 0.176 e. The van der Waals surface area contributed by atoms with Crippen molar-refractivity contribution in [2.75, 3.05) is 0 Å². The molecule has 0 aliphatic carbocycles. The Morgan fingerprint density at radius 3 is 1.19 bits per heavy atom. The molecule has 0 radical (unpaired) electrons. The van der Waals surface area contributed by atoms with Crippen LogP contribution in [0.4, 0.5) is 0 Å². The van der Waals surface area contributed by atoms with Crippen molar-refractivity contribution in [3.63, 3.8) is 0 Å². The zero-order chi connectivity index (χ0) is 41.6. The predicted molar refractivity (Wildman–Crippen MR) is 252 cm³/mol. The summed E-state index contributed by atoms with van der Waals surface area (Å²) < 4.78 is 0. The molecule has 3 heteroatoms. The first kappa shape index (κ1) is 54.7. The molecule has 0 bridgehead atoms. The number of hydrogen-bond acceptors (Lipinski definition) is 3. The molecule has 0 fully saturated rings. The van der Waals surface area contributed by atoms with Gasteiger partial charge in [0.15, 0.2) is 11.6 Å². The molecule has 0 aliphatic heterocycles. The van der Waals surface area contributed by atoms with Crippen molar-refractivity contribution in [3.8, 4) is 0 Å². The third kappa shape index (κ3) is 35.4. The van der Waals surface area contributed by atoms with Crippen LogP contribution in [0, 0.1) is 5.41 Å². The molecular formula is C54H94O3. The fraction of sp³-hybridized carbons (Fsp3) is 0.759. The van der Waals surface area contributed by atoms with Gasteiger partial charge in [0.25, 0.3) is 0 Å². The molecule has 0 aliphatic rings. The first-order valence-electron chi connectivity index (χ1n) is 24.9. The summed E-state index contributed by atoms with van der Waals surface area (Å²) in [6.45, 7) is 6.78. The third-order valence-corrected chi connectivity index (χ3v) is 11.5. The minimum absolute atomic E-state index is 0.180. The van der Waals surface area contributed by atoms with Crippen molar-refractivity contribution < 1.29 is 14.4 Å². The molecule has 0 aromatic heterocycles. The van der Waals surface area contributed by atoms with Crippen LogP contribution in [0.2, 0.25) is 0 Å². The monoisotopic (exact) mass is 791 g/mol. The van der Waals surface area contributed by atoms with Crippen LogP contribution in [0.5, 0.6) is 0 Å². The average molecular weight is 791 g/mol. The number of carbonyl (C=O) groups excluding carboxylic acids is 3. The zero-order valence-corrected chi connectivity index (χ0v) is 38.2. The number of aldehydes is 1. The van der Waals surface area contributed by atoms with Gasteiger partial charge in [-0.1, -0.05) is 223 Å². The number of unbranched alkanes of at least 4 members (excludes halogenated alkanes) is 29. The maximum absolute atomic E-state index is 13.7. The SMILES string of the molecule is CCCCCC=CCC=CCCCCCCCC(=O)C(C=O)(CCCCCCC=CCCCCCCCC)C(=O)C=CC=CCCCCCCCCCCCCC. The van der Waals surface area contributed by atoms with E-state index in [0.717, 1.165) is 89.9 Å². The van der Waals surface area contributed by atoms with Crippen LogP contribution in [0.25, 0.3) is 0 Å². The van der Waals surface area contributed by atoms with Gasteiger partial charge >= 0.3 is 0 Å². The maximum atomic E-state index is 13.7. The molecule has 0 rings (SSSR count). The Hall–Kier alpha value is -2.29. The van der Waals surface area contributed by atoms with Gasteiger partial charge in [-0.3, -0.25) is 9.59 Å². The van der Waals surface area contributed by atoms with Gasteiger partial charge in [0, 0.05) is 6.42 Å². The molecule has 0 saturated heterocycles. The van der Waals surface area contributed by atoms with Crippen LogP contribution in [0.1, 0.15) is 258 Å². The molecule has 3 nitrogen and oxygen atoms in total. The van der Waals surface area contributed by atoms with Crippen LogP contribution in [0.3, 0.4) is 0 Å². The fourth-order valence-corrected chi connectivity index (χ4v) is 7.59. The van der Waals surface area contributed by atoms with E-state index >= 15 is 0 Å². The number of Topliss-reactive ketones (excluding diaryl/α,β-unsaturated/α-hetero) is 1. The summed E-state index contributed by atoms with van der Waals surface area (Å²) in [5, 5.41) is 0. The standard InChI is InChI=1S/C54H94O3/c1-4-7-10-13-16-19-22-25-28-30-33-36-39-42-45-48-52(56)54(51-55,50-47-44-41-38-35-32-27-24-21-18-15-12-9-6-3)53(57)49-46-43-40-37-34-31-29-26-23-20-17-14-11-8-5-2/h16,19,25,27-28,32,40,43,46,49,51H,4-15,17-18,20-24,26,29-31,33-39,41-42,44-45,47-48,50H2,1-3H3. The molecule has 1 atom stereocenters. The summed E-state index contributed by atoms with van der Waals surface area (Å²) in [5.74, 6) is -0.512. The zero-order valence-electron chi connectivity index (χ0n) is 38.2. The Morgan fingerprint density at radius 1 is 0.386 bits per heavy atom. The lowest BCUT2D eigenvalue weighted by atomic mass is 9.74. The van der Waals surface area contributed by atoms with Gasteiger partial charge in [0.2, 0.25) is 0 Å². The molecule has 328 valence electrons. The van der Waals surface area contributed by atoms with Crippen LogP contribution >= 0.6 is 0 Å². The summed E-state index contributed by atoms with van der Waals surface area (Å²) >= 11 is 0. The highest BCUT2D eigenvalue weighted by atomic mass is 16.2. The summed E-state index contributed by atoms with van der Waals surface area (Å²) in [5.41, 5.74) is -1.54. The summed E-state index contributed by atoms with van der Waals surface area (Å²) in [6.07, 6.45) is 64.4. The van der Waals surface area contributed by atoms with Crippen LogP contribution < -0.4 is 0 Å². The van der Waals surface area contributed by atoms with Crippen LogP contribution in [-0.2, 0) is 14.4 Å². The van der Waals surface area contributed by atoms with Gasteiger partial charge in [0.05, 0.1) is 0 Å². The van der Waals surface area contributed by atoms with Crippen molar-refractivity contribution in [1.82, 2.24) is 0 Å². The minimum Gasteiger partial charge on any atom is -0.302 e. The second-order valence-electron chi connectivity index (χ2n) is 16.9. The van der Waals surface area contributed by atoms with Crippen molar-refractivity contribution in [3.05, 3.63) is 60.8 Å². The predicted octanol–water partition coefficient (Wildman–Crippen LogP) is 17.6. The third-order valence-electron chi connectivity index (χ3n) is 11.5. The average Bonchev–Trinajstić information content (AvgIpc) is 3.22. The van der Waals surface area contributed by atoms with E-state index in [1.807, 2.05) is 6.08 Å². The summed E-state index contributed by atoms with van der Waals surface area (Å²) in [4.78, 5) is 40.0. The molecular weight excluding hydrogens is 697 g/mol. The van der Waals surface area contributed by atoms with Crippen molar-refractivity contribution in [2.45, 2.75) is 258 Å². The number of rotatable bonds is 45. The molecule has 57 heavy (non-hydrogen) atoms. The first-order chi connectivity index (χ1) is 28.1. The van der Waals surface area contributed by atoms with Crippen LogP contribution in [-0.4, -0.2) is 17.9 Å². The molecule has 1 unspecified atom stereocenters. The topological polar surface area (TPSA) is 51.2 Å². The summed E-state index contributed by atoms with van der Waals surface area (Å²) in [6, 6.07) is 0. The number of ketones is 2. The fourth-order valence-electron chi connectivity index (χ4n) is 7.59. The largest absolute Gasteiger partial charge is 0.302 e. The smallest absolute Gasteiger partial charge is 0.176 e. The van der Waals surface area contributed by atoms with Gasteiger partial charge in [-0.05, 0) is 89.5 Å². The molecule has 0 spiro atoms. The van der Waals surface area contributed by atoms with E-state index in [1.165, 1.54) is 141 Å². The lowest BCUT2D eigenvalue weighted by molar-refractivity contribution is -0.143. The van der Waals surface area contributed by atoms with E-state index in [0.29, 0.717) is 19.1 Å². The lowest BCUT2D eigenvalue weighted by Crippen LogP contribution is -2.40. The number of carbonyl (C=O) groups is 3. The van der Waals surface area contributed by atoms with E-state index in [9.17, 15) is 14.4 Å². The van der Waals surface area contributed by atoms with E-state index in [2.05, 4.69) is 63.3 Å². The summed E-state index contributed by atoms with van der Waals surface area (Å²) in [7, 11) is 0. The highest BCUT2D eigenvalue weighted by Gasteiger charge is 2.42. The Morgan fingerprint density at radius 2 is 0.737 bits per heavy atom. The van der Waals surface area contributed by atoms with Gasteiger partial charge in [0.1, 0.15) is 11.7 Å². The second kappa shape index (κ2) is 44.8. The highest BCUT2D eigenvalue weighted by Crippen LogP contribution is 2.29. The van der Waals surface area contributed by atoms with Crippen LogP contribution in [0.15, 0.2) is 60.8 Å². The van der Waals surface area contributed by atoms with E-state index in [4.69, 9.17) is 0 Å². The van der Waals surface area contributed by atoms with Gasteiger partial charge in [-0.15, -0.1) is 0 Å². The molecule has 0 aromatic rings. The van der Waals surface area contributed by atoms with Crippen molar-refractivity contribution in [2.24, 2.45) is 5.41 Å². The Labute approximate surface area is 355 Å². The molecule has 0 saturated carbocycles. The molecule has 0 N–H and O–H groups in total. The Kier molecular flexibility index (Phi) is 43.0. The van der Waals surface area contributed by atoms with Crippen molar-refractivity contribution >= 4 is 17.9 Å². The molecule has 0 aromatic carbocycles. The first-order valence-corrected chi connectivity index (χ1v) is 24.9. The van der Waals surface area contributed by atoms with Gasteiger partial charge in [-0.25, -0.2) is 0 Å². The van der Waals surface area contributed by atoms with E-state index < -0.39 is 5.41 Å². The highest BCUT2D eigenvalue weighted by molar-refractivity contribution is 6.22. The lowest BCUT2D eigenvalue weighted by Gasteiger charge is -2.24. The number of hydrogen-bond donors (Lipinski definition) is 0.